The van der Waals surface area contributed by atoms with Crippen LogP contribution in [0.25, 0.3) is 0 Å². The number of aliphatic imine (C=N–C) groups is 1. The van der Waals surface area contributed by atoms with Crippen LogP contribution in [-0.2, 0) is 4.74 Å². The fourth-order valence-electron chi connectivity index (χ4n) is 2.70. The van der Waals surface area contributed by atoms with E-state index in [1.165, 1.54) is 7.11 Å². The zero-order chi connectivity index (χ0) is 13.5. The lowest BCUT2D eigenvalue weighted by atomic mass is 9.93. The van der Waals surface area contributed by atoms with Gasteiger partial charge in [0.2, 0.25) is 5.79 Å². The second-order valence-electron chi connectivity index (χ2n) is 4.62. The van der Waals surface area contributed by atoms with Crippen molar-refractivity contribution in [1.29, 1.82) is 0 Å². The van der Waals surface area contributed by atoms with Crippen molar-refractivity contribution in [2.45, 2.75) is 25.2 Å². The van der Waals surface area contributed by atoms with Crippen LogP contribution >= 0.6 is 0 Å². The summed E-state index contributed by atoms with van der Waals surface area (Å²) in [6, 6.07) is 0. The molecule has 0 radical (unpaired) electrons. The normalized spacial score (nSPS) is 40.3. The van der Waals surface area contributed by atoms with Crippen molar-refractivity contribution in [3.63, 3.8) is 0 Å². The van der Waals surface area contributed by atoms with E-state index < -0.39 is 16.7 Å². The second-order valence-corrected chi connectivity index (χ2v) is 4.62. The molecule has 0 bridgehead atoms. The summed E-state index contributed by atoms with van der Waals surface area (Å²) in [6.45, 7) is 15.3. The van der Waals surface area contributed by atoms with Crippen molar-refractivity contribution < 1.29 is 14.4 Å². The average molecular weight is 237 g/mol. The van der Waals surface area contributed by atoms with Crippen LogP contribution in [0.1, 0.15) is 13.8 Å². The van der Waals surface area contributed by atoms with Gasteiger partial charge in [-0.15, -0.1) is 0 Å². The van der Waals surface area contributed by atoms with Crippen molar-refractivity contribution in [2.75, 3.05) is 14.2 Å². The summed E-state index contributed by atoms with van der Waals surface area (Å²) in [5.74, 6) is -1.35. The van der Waals surface area contributed by atoms with Gasteiger partial charge in [0, 0.05) is 7.11 Å². The maximum atomic E-state index is 10.6. The summed E-state index contributed by atoms with van der Waals surface area (Å²) < 4.78 is 6.88. The Kier molecular flexibility index (Phi) is 3.16. The van der Waals surface area contributed by atoms with Gasteiger partial charge in [-0.25, -0.2) is 4.58 Å². The first-order chi connectivity index (χ1) is 7.77. The highest BCUT2D eigenvalue weighted by Crippen LogP contribution is 2.70. The lowest BCUT2D eigenvalue weighted by molar-refractivity contribution is -0.479. The molecule has 1 aliphatic carbocycles. The fraction of sp³-hybridized carbons (Fsp3) is 0.538. The Morgan fingerprint density at radius 3 is 2.35 bits per heavy atom. The molecule has 3 unspecified atom stereocenters. The van der Waals surface area contributed by atoms with Gasteiger partial charge in [-0.05, 0) is 19.4 Å². The minimum absolute atomic E-state index is 0.667. The van der Waals surface area contributed by atoms with Crippen molar-refractivity contribution >= 4 is 13.1 Å². The van der Waals surface area contributed by atoms with Crippen LogP contribution in [0.2, 0.25) is 0 Å². The number of nitrogens with zero attached hydrogens (tertiary/aromatic N) is 2. The van der Waals surface area contributed by atoms with E-state index in [-0.39, 0.29) is 0 Å². The average Bonchev–Trinajstić information content (AvgIpc) is 2.73. The van der Waals surface area contributed by atoms with E-state index in [9.17, 15) is 5.11 Å². The van der Waals surface area contributed by atoms with E-state index in [1.807, 2.05) is 13.8 Å². The van der Waals surface area contributed by atoms with Crippen molar-refractivity contribution in [1.82, 2.24) is 0 Å². The molecule has 94 valence electrons. The van der Waals surface area contributed by atoms with Crippen LogP contribution in [0.3, 0.4) is 0 Å². The van der Waals surface area contributed by atoms with Crippen molar-refractivity contribution in [3.8, 4) is 0 Å². The van der Waals surface area contributed by atoms with Crippen LogP contribution in [0.5, 0.6) is 0 Å². The van der Waals surface area contributed by atoms with Crippen molar-refractivity contribution in [2.24, 2.45) is 10.4 Å². The Morgan fingerprint density at radius 2 is 2.00 bits per heavy atom. The van der Waals surface area contributed by atoms with Crippen LogP contribution in [-0.4, -0.2) is 48.2 Å². The highest BCUT2D eigenvalue weighted by atomic mass is 16.6. The Bertz CT molecular complexity index is 416. The van der Waals surface area contributed by atoms with E-state index in [4.69, 9.17) is 4.74 Å². The van der Waals surface area contributed by atoms with Gasteiger partial charge >= 0.3 is 0 Å². The third-order valence-electron chi connectivity index (χ3n) is 4.26. The van der Waals surface area contributed by atoms with Gasteiger partial charge in [0.25, 0.3) is 6.34 Å². The maximum absolute atomic E-state index is 10.6. The van der Waals surface area contributed by atoms with Gasteiger partial charge in [-0.3, -0.25) is 0 Å². The molecule has 1 N–H and O–H groups in total. The van der Waals surface area contributed by atoms with Gasteiger partial charge in [0.05, 0.1) is 12.1 Å². The first-order valence-corrected chi connectivity index (χ1v) is 5.39. The Balaban J connectivity index is 3.30. The SMILES string of the molecule is C=CC(=C)C1(C)C(O)(OC)C1(C)[N+](=C)/C=N\C. The molecule has 1 saturated carbocycles. The van der Waals surface area contributed by atoms with E-state index in [1.54, 1.807) is 24.0 Å². The number of hydrogen-bond acceptors (Lipinski definition) is 3. The highest BCUT2D eigenvalue weighted by Gasteiger charge is 2.89. The number of hydrogen-bond donors (Lipinski definition) is 1. The predicted molar refractivity (Wildman–Crippen MR) is 69.6 cm³/mol. The molecule has 0 aromatic rings. The standard InChI is InChI=1S/C13H21N2O2/c1-8-10(2)11(3)12(4,13(11,16)17-7)15(6)9-14-5/h8-9,16H,1-2,6H2,3-5,7H3/q+1/b14-9-. The van der Waals surface area contributed by atoms with Crippen LogP contribution in [0.4, 0.5) is 0 Å². The number of rotatable bonds is 5. The molecular formula is C13H21N2O2+. The number of allylic oxidation sites excluding steroid dienone is 1. The number of ether oxygens (including phenoxy) is 1. The monoisotopic (exact) mass is 237 g/mol. The largest absolute Gasteiger partial charge is 0.361 e. The quantitative estimate of drug-likeness (QED) is 0.257. The van der Waals surface area contributed by atoms with Crippen LogP contribution < -0.4 is 0 Å². The van der Waals surface area contributed by atoms with Gasteiger partial charge in [-0.2, -0.15) is 0 Å². The number of methoxy groups -OCH3 is 1. The second kappa shape index (κ2) is 3.89. The molecule has 0 saturated heterocycles. The molecular weight excluding hydrogens is 216 g/mol. The first kappa shape index (κ1) is 13.8. The molecule has 1 aliphatic rings. The lowest BCUT2D eigenvalue weighted by Gasteiger charge is -2.14. The minimum atomic E-state index is -1.35. The topological polar surface area (TPSA) is 44.8 Å². The molecule has 0 aliphatic heterocycles. The van der Waals surface area contributed by atoms with E-state index in [0.29, 0.717) is 5.57 Å². The molecule has 0 amide bonds. The van der Waals surface area contributed by atoms with Crippen LogP contribution in [0.15, 0.2) is 29.8 Å². The maximum Gasteiger partial charge on any atom is 0.279 e. The summed E-state index contributed by atoms with van der Waals surface area (Å²) >= 11 is 0. The van der Waals surface area contributed by atoms with Crippen molar-refractivity contribution in [3.05, 3.63) is 24.8 Å². The molecule has 0 heterocycles. The van der Waals surface area contributed by atoms with E-state index in [0.717, 1.165) is 0 Å². The molecule has 1 rings (SSSR count). The molecule has 0 spiro atoms. The third-order valence-corrected chi connectivity index (χ3v) is 4.26. The number of aliphatic hydroxyl groups is 1. The lowest BCUT2D eigenvalue weighted by Crippen LogP contribution is -2.35. The fourth-order valence-corrected chi connectivity index (χ4v) is 2.70. The molecule has 4 heteroatoms. The zero-order valence-corrected chi connectivity index (χ0v) is 11.0. The highest BCUT2D eigenvalue weighted by molar-refractivity contribution is 5.54. The predicted octanol–water partition coefficient (Wildman–Crippen LogP) is 1.21. The Morgan fingerprint density at radius 1 is 1.47 bits per heavy atom. The summed E-state index contributed by atoms with van der Waals surface area (Å²) in [7, 11) is 3.12. The summed E-state index contributed by atoms with van der Waals surface area (Å²) in [5.41, 5.74) is -0.679. The Labute approximate surface area is 103 Å². The molecule has 4 nitrogen and oxygen atoms in total. The van der Waals surface area contributed by atoms with Gasteiger partial charge in [0.15, 0.2) is 5.54 Å². The smallest absolute Gasteiger partial charge is 0.279 e. The zero-order valence-electron chi connectivity index (χ0n) is 11.0. The Hall–Kier alpha value is -1.26. The molecule has 17 heavy (non-hydrogen) atoms. The third kappa shape index (κ3) is 1.25. The van der Waals surface area contributed by atoms with Gasteiger partial charge < -0.3 is 9.84 Å². The molecule has 3 atom stereocenters. The van der Waals surface area contributed by atoms with E-state index >= 15 is 0 Å². The summed E-state index contributed by atoms with van der Waals surface area (Å²) in [4.78, 5) is 3.91. The molecule has 1 fully saturated rings. The van der Waals surface area contributed by atoms with E-state index in [2.05, 4.69) is 24.9 Å². The molecule has 0 aromatic carbocycles. The first-order valence-electron chi connectivity index (χ1n) is 5.39. The van der Waals surface area contributed by atoms with Crippen LogP contribution in [0, 0.1) is 5.41 Å². The summed E-state index contributed by atoms with van der Waals surface area (Å²) in [5, 5.41) is 10.6. The molecule has 0 aromatic heterocycles. The van der Waals surface area contributed by atoms with Gasteiger partial charge in [0.1, 0.15) is 7.05 Å². The van der Waals surface area contributed by atoms with Gasteiger partial charge in [-0.1, -0.05) is 24.2 Å². The minimum Gasteiger partial charge on any atom is -0.361 e. The summed E-state index contributed by atoms with van der Waals surface area (Å²) in [6.07, 6.45) is 3.19.